The van der Waals surface area contributed by atoms with Crippen molar-refractivity contribution in [1.29, 1.82) is 0 Å². The number of amides is 1. The minimum atomic E-state index is 0.0821. The highest BCUT2D eigenvalue weighted by Gasteiger charge is 2.16. The van der Waals surface area contributed by atoms with Gasteiger partial charge in [0.1, 0.15) is 0 Å². The van der Waals surface area contributed by atoms with Crippen LogP contribution >= 0.6 is 0 Å². The number of anilines is 3. The average Bonchev–Trinajstić information content (AvgIpc) is 2.27. The van der Waals surface area contributed by atoms with Crippen LogP contribution in [0.5, 0.6) is 0 Å². The summed E-state index contributed by atoms with van der Waals surface area (Å²) in [5, 5.41) is 6.12. The number of hydrogen-bond acceptors (Lipinski definition) is 3. The number of nitrogens with one attached hydrogen (secondary N) is 2. The second-order valence-corrected chi connectivity index (χ2v) is 4.07. The zero-order valence-electron chi connectivity index (χ0n) is 9.47. The summed E-state index contributed by atoms with van der Waals surface area (Å²) in [6.07, 6.45) is 2.37. The molecule has 0 aliphatic carbocycles. The zero-order valence-corrected chi connectivity index (χ0v) is 9.47. The largest absolute Gasteiger partial charge is 0.397 e. The van der Waals surface area contributed by atoms with Gasteiger partial charge in [-0.05, 0) is 30.5 Å². The van der Waals surface area contributed by atoms with Gasteiger partial charge in [0.25, 0.3) is 0 Å². The molecule has 0 saturated carbocycles. The first-order valence-electron chi connectivity index (χ1n) is 5.67. The molecule has 0 spiro atoms. The number of carbonyl (C=O) groups is 1. The third-order valence-electron chi connectivity index (χ3n) is 2.74. The fourth-order valence-electron chi connectivity index (χ4n) is 1.86. The molecule has 1 aliphatic heterocycles. The van der Waals surface area contributed by atoms with Crippen LogP contribution in [0.1, 0.15) is 25.3 Å². The number of nitrogens with two attached hydrogens (primary N) is 1. The summed E-state index contributed by atoms with van der Waals surface area (Å²) in [7, 11) is 0. The molecule has 2 rings (SSSR count). The molecule has 4 nitrogen and oxygen atoms in total. The van der Waals surface area contributed by atoms with E-state index in [0.717, 1.165) is 42.0 Å². The van der Waals surface area contributed by atoms with Gasteiger partial charge < -0.3 is 16.4 Å². The van der Waals surface area contributed by atoms with E-state index in [4.69, 9.17) is 5.73 Å². The van der Waals surface area contributed by atoms with Crippen LogP contribution < -0.4 is 16.4 Å². The Balaban J connectivity index is 2.27. The van der Waals surface area contributed by atoms with Crippen molar-refractivity contribution in [3.8, 4) is 0 Å². The highest BCUT2D eigenvalue weighted by molar-refractivity contribution is 5.95. The Labute approximate surface area is 95.2 Å². The highest BCUT2D eigenvalue weighted by atomic mass is 16.1. The highest BCUT2D eigenvalue weighted by Crippen LogP contribution is 2.30. The Kier molecular flexibility index (Phi) is 2.99. The second-order valence-electron chi connectivity index (χ2n) is 4.07. The summed E-state index contributed by atoms with van der Waals surface area (Å²) in [6, 6.07) is 3.88. The zero-order chi connectivity index (χ0) is 11.5. The van der Waals surface area contributed by atoms with Crippen molar-refractivity contribution < 1.29 is 4.79 Å². The lowest BCUT2D eigenvalue weighted by Crippen LogP contribution is -2.19. The molecule has 1 aromatic rings. The van der Waals surface area contributed by atoms with Crippen LogP contribution in [0.4, 0.5) is 17.1 Å². The summed E-state index contributed by atoms with van der Waals surface area (Å²) in [6.45, 7) is 2.99. The topological polar surface area (TPSA) is 67.1 Å². The van der Waals surface area contributed by atoms with Crippen LogP contribution in [-0.2, 0) is 11.2 Å². The first-order chi connectivity index (χ1) is 7.70. The molecule has 0 aromatic heterocycles. The molecule has 1 aliphatic rings. The normalized spacial score (nSPS) is 14.2. The van der Waals surface area contributed by atoms with Crippen molar-refractivity contribution >= 4 is 23.0 Å². The minimum absolute atomic E-state index is 0.0821. The molecule has 1 aromatic carbocycles. The molecule has 0 fully saturated rings. The van der Waals surface area contributed by atoms with E-state index in [1.165, 1.54) is 0 Å². The molecule has 0 bridgehead atoms. The molecule has 0 radical (unpaired) electrons. The van der Waals surface area contributed by atoms with Crippen molar-refractivity contribution in [2.45, 2.75) is 26.2 Å². The maximum atomic E-state index is 11.3. The fraction of sp³-hybridized carbons (Fsp3) is 0.417. The van der Waals surface area contributed by atoms with E-state index < -0.39 is 0 Å². The molecule has 86 valence electrons. The average molecular weight is 219 g/mol. The van der Waals surface area contributed by atoms with E-state index in [-0.39, 0.29) is 5.91 Å². The Morgan fingerprint density at radius 3 is 3.00 bits per heavy atom. The quantitative estimate of drug-likeness (QED) is 0.681. The van der Waals surface area contributed by atoms with E-state index in [1.54, 1.807) is 0 Å². The molecular weight excluding hydrogens is 202 g/mol. The summed E-state index contributed by atoms with van der Waals surface area (Å²) in [5.41, 5.74) is 9.62. The van der Waals surface area contributed by atoms with Gasteiger partial charge >= 0.3 is 0 Å². The van der Waals surface area contributed by atoms with Crippen LogP contribution in [0.15, 0.2) is 12.1 Å². The Bertz CT molecular complexity index is 415. The molecule has 0 unspecified atom stereocenters. The Morgan fingerprint density at radius 2 is 2.25 bits per heavy atom. The smallest absolute Gasteiger partial charge is 0.224 e. The van der Waals surface area contributed by atoms with Crippen molar-refractivity contribution in [2.24, 2.45) is 0 Å². The van der Waals surface area contributed by atoms with Crippen molar-refractivity contribution in [1.82, 2.24) is 0 Å². The lowest BCUT2D eigenvalue weighted by atomic mass is 10.0. The molecule has 16 heavy (non-hydrogen) atoms. The molecule has 1 heterocycles. The first-order valence-corrected chi connectivity index (χ1v) is 5.67. The predicted octanol–water partition coefficient (Wildman–Crippen LogP) is 1.98. The summed E-state index contributed by atoms with van der Waals surface area (Å²) in [4.78, 5) is 11.3. The lowest BCUT2D eigenvalue weighted by Gasteiger charge is -2.19. The summed E-state index contributed by atoms with van der Waals surface area (Å²) in [5.74, 6) is 0.0821. The SMILES string of the molecule is CCCNc1cc2c(cc1N)CCC(=O)N2. The predicted molar refractivity (Wildman–Crippen MR) is 66.6 cm³/mol. The number of hydrogen-bond donors (Lipinski definition) is 3. The molecule has 4 N–H and O–H groups in total. The minimum Gasteiger partial charge on any atom is -0.397 e. The van der Waals surface area contributed by atoms with Crippen molar-refractivity contribution in [3.63, 3.8) is 0 Å². The van der Waals surface area contributed by atoms with Gasteiger partial charge in [0.15, 0.2) is 0 Å². The number of carbonyl (C=O) groups excluding carboxylic acids is 1. The van der Waals surface area contributed by atoms with Gasteiger partial charge in [0, 0.05) is 18.7 Å². The first kappa shape index (κ1) is 10.8. The van der Waals surface area contributed by atoms with E-state index in [2.05, 4.69) is 17.6 Å². The van der Waals surface area contributed by atoms with Crippen LogP contribution in [0.2, 0.25) is 0 Å². The molecule has 0 atom stereocenters. The third-order valence-corrected chi connectivity index (χ3v) is 2.74. The number of rotatable bonds is 3. The number of nitrogen functional groups attached to an aromatic ring is 1. The fourth-order valence-corrected chi connectivity index (χ4v) is 1.86. The Morgan fingerprint density at radius 1 is 1.44 bits per heavy atom. The molecular formula is C12H17N3O. The summed E-state index contributed by atoms with van der Waals surface area (Å²) < 4.78 is 0. The van der Waals surface area contributed by atoms with E-state index in [9.17, 15) is 4.79 Å². The van der Waals surface area contributed by atoms with Crippen molar-refractivity contribution in [2.75, 3.05) is 22.9 Å². The maximum Gasteiger partial charge on any atom is 0.224 e. The van der Waals surface area contributed by atoms with Gasteiger partial charge in [-0.25, -0.2) is 0 Å². The van der Waals surface area contributed by atoms with E-state index >= 15 is 0 Å². The van der Waals surface area contributed by atoms with Gasteiger partial charge in [-0.15, -0.1) is 0 Å². The van der Waals surface area contributed by atoms with Gasteiger partial charge in [-0.1, -0.05) is 6.92 Å². The monoisotopic (exact) mass is 219 g/mol. The van der Waals surface area contributed by atoms with E-state index in [1.807, 2.05) is 12.1 Å². The van der Waals surface area contributed by atoms with Gasteiger partial charge in [-0.3, -0.25) is 4.79 Å². The van der Waals surface area contributed by atoms with Gasteiger partial charge in [-0.2, -0.15) is 0 Å². The lowest BCUT2D eigenvalue weighted by molar-refractivity contribution is -0.116. The second kappa shape index (κ2) is 4.43. The van der Waals surface area contributed by atoms with Crippen LogP contribution in [0, 0.1) is 0 Å². The number of aryl methyl sites for hydroxylation is 1. The number of benzene rings is 1. The molecule has 0 saturated heterocycles. The van der Waals surface area contributed by atoms with Crippen molar-refractivity contribution in [3.05, 3.63) is 17.7 Å². The third kappa shape index (κ3) is 2.10. The van der Waals surface area contributed by atoms with Crippen LogP contribution in [-0.4, -0.2) is 12.5 Å². The van der Waals surface area contributed by atoms with Gasteiger partial charge in [0.05, 0.1) is 11.4 Å². The molecule has 4 heteroatoms. The molecule has 1 amide bonds. The van der Waals surface area contributed by atoms with Gasteiger partial charge in [0.2, 0.25) is 5.91 Å². The van der Waals surface area contributed by atoms with Crippen LogP contribution in [0.25, 0.3) is 0 Å². The maximum absolute atomic E-state index is 11.3. The standard InChI is InChI=1S/C12H17N3O/c1-2-5-14-11-7-10-8(6-9(11)13)3-4-12(16)15-10/h6-7,14H,2-5,13H2,1H3,(H,15,16). The summed E-state index contributed by atoms with van der Waals surface area (Å²) >= 11 is 0. The van der Waals surface area contributed by atoms with E-state index in [0.29, 0.717) is 6.42 Å². The van der Waals surface area contributed by atoms with Crippen LogP contribution in [0.3, 0.4) is 0 Å². The number of fused-ring (bicyclic) bond motifs is 1. The Hall–Kier alpha value is -1.71.